The zero-order chi connectivity index (χ0) is 16.7. The van der Waals surface area contributed by atoms with E-state index in [0.717, 1.165) is 24.3 Å². The van der Waals surface area contributed by atoms with Gasteiger partial charge in [-0.3, -0.25) is 4.79 Å². The Morgan fingerprint density at radius 3 is 2.04 bits per heavy atom. The van der Waals surface area contributed by atoms with E-state index in [1.165, 1.54) is 38.5 Å². The first-order valence-corrected chi connectivity index (χ1v) is 8.96. The van der Waals surface area contributed by atoms with Crippen LogP contribution in [0.3, 0.4) is 0 Å². The Morgan fingerprint density at radius 1 is 1.00 bits per heavy atom. The molecule has 0 atom stereocenters. The summed E-state index contributed by atoms with van der Waals surface area (Å²) in [5.41, 5.74) is 6.65. The molecule has 0 saturated heterocycles. The van der Waals surface area contributed by atoms with E-state index in [2.05, 4.69) is 10.6 Å². The fraction of sp³-hybridized carbons (Fsp3) is 0.579. The number of amides is 3. The van der Waals surface area contributed by atoms with Crippen LogP contribution in [0.1, 0.15) is 48.9 Å². The highest BCUT2D eigenvalue weighted by Gasteiger charge is 2.50. The zero-order valence-corrected chi connectivity index (χ0v) is 13.9. The quantitative estimate of drug-likeness (QED) is 0.794. The second-order valence-electron chi connectivity index (χ2n) is 8.17. The van der Waals surface area contributed by atoms with E-state index in [9.17, 15) is 9.59 Å². The molecular formula is C19H25N3O2. The number of benzene rings is 1. The highest BCUT2D eigenvalue weighted by Crippen LogP contribution is 2.59. The molecule has 5 nitrogen and oxygen atoms in total. The molecule has 4 saturated carbocycles. The number of anilines is 1. The van der Waals surface area contributed by atoms with Crippen molar-refractivity contribution in [3.63, 3.8) is 0 Å². The zero-order valence-electron chi connectivity index (χ0n) is 13.9. The van der Waals surface area contributed by atoms with Crippen molar-refractivity contribution in [2.75, 3.05) is 11.9 Å². The number of urea groups is 1. The maximum absolute atomic E-state index is 12.4. The molecule has 4 N–H and O–H groups in total. The molecule has 1 aromatic rings. The van der Waals surface area contributed by atoms with Gasteiger partial charge in [0.1, 0.15) is 0 Å². The third-order valence-electron chi connectivity index (χ3n) is 6.20. The summed E-state index contributed by atoms with van der Waals surface area (Å²) in [6.07, 6.45) is 8.13. The fourth-order valence-corrected chi connectivity index (χ4v) is 5.72. The lowest BCUT2D eigenvalue weighted by Gasteiger charge is -2.56. The molecule has 0 aliphatic heterocycles. The number of rotatable bonds is 4. The molecule has 0 radical (unpaired) electrons. The molecule has 0 spiro atoms. The molecular weight excluding hydrogens is 302 g/mol. The minimum absolute atomic E-state index is 0.0311. The lowest BCUT2D eigenvalue weighted by atomic mass is 9.49. The van der Waals surface area contributed by atoms with Crippen LogP contribution in [0, 0.1) is 23.2 Å². The first kappa shape index (κ1) is 15.5. The second kappa shape index (κ2) is 5.80. The van der Waals surface area contributed by atoms with Gasteiger partial charge in [0.25, 0.3) is 5.91 Å². The van der Waals surface area contributed by atoms with Gasteiger partial charge in [-0.2, -0.15) is 0 Å². The minimum atomic E-state index is -0.603. The van der Waals surface area contributed by atoms with Crippen LogP contribution < -0.4 is 16.4 Å². The Hall–Kier alpha value is -2.04. The van der Waals surface area contributed by atoms with Crippen molar-refractivity contribution in [3.8, 4) is 0 Å². The third kappa shape index (κ3) is 2.99. The molecule has 4 bridgehead atoms. The summed E-state index contributed by atoms with van der Waals surface area (Å²) >= 11 is 0. The van der Waals surface area contributed by atoms with E-state index in [1.54, 1.807) is 24.3 Å². The van der Waals surface area contributed by atoms with Crippen LogP contribution in [0.2, 0.25) is 0 Å². The number of nitrogens with one attached hydrogen (secondary N) is 2. The van der Waals surface area contributed by atoms with E-state index < -0.39 is 6.03 Å². The molecule has 1 aromatic carbocycles. The monoisotopic (exact) mass is 327 g/mol. The minimum Gasteiger partial charge on any atom is -0.351 e. The Kier molecular flexibility index (Phi) is 3.74. The number of nitrogens with two attached hydrogens (primary N) is 1. The van der Waals surface area contributed by atoms with E-state index in [1.807, 2.05) is 0 Å². The van der Waals surface area contributed by atoms with Gasteiger partial charge in [-0.15, -0.1) is 0 Å². The summed E-state index contributed by atoms with van der Waals surface area (Å²) in [5.74, 6) is 2.66. The Bertz CT molecular complexity index is 618. The molecule has 3 amide bonds. The normalized spacial score (nSPS) is 33.2. The average molecular weight is 327 g/mol. The predicted molar refractivity (Wildman–Crippen MR) is 92.6 cm³/mol. The topological polar surface area (TPSA) is 84.2 Å². The predicted octanol–water partition coefficient (Wildman–Crippen LogP) is 3.12. The number of hydrogen-bond acceptors (Lipinski definition) is 2. The highest BCUT2D eigenvalue weighted by atomic mass is 16.2. The number of hydrogen-bond donors (Lipinski definition) is 3. The Balaban J connectivity index is 1.37. The molecule has 4 fully saturated rings. The van der Waals surface area contributed by atoms with Gasteiger partial charge in [-0.1, -0.05) is 0 Å². The summed E-state index contributed by atoms with van der Waals surface area (Å²) in [5, 5.41) is 5.66. The van der Waals surface area contributed by atoms with Gasteiger partial charge in [0.2, 0.25) is 0 Å². The largest absolute Gasteiger partial charge is 0.351 e. The molecule has 24 heavy (non-hydrogen) atoms. The Labute approximate surface area is 142 Å². The lowest BCUT2D eigenvalue weighted by molar-refractivity contribution is -0.0503. The molecule has 5 rings (SSSR count). The number of primary amides is 1. The van der Waals surface area contributed by atoms with E-state index in [-0.39, 0.29) is 5.91 Å². The lowest BCUT2D eigenvalue weighted by Crippen LogP contribution is -2.51. The van der Waals surface area contributed by atoms with Crippen molar-refractivity contribution in [1.29, 1.82) is 0 Å². The van der Waals surface area contributed by atoms with Crippen LogP contribution >= 0.6 is 0 Å². The molecule has 0 heterocycles. The first-order chi connectivity index (χ1) is 11.5. The van der Waals surface area contributed by atoms with Gasteiger partial charge in [0.05, 0.1) is 0 Å². The standard InChI is InChI=1S/C19H25N3O2/c20-18(24)22-16-3-1-15(2-4-16)17(23)21-11-19-8-12-5-13(9-19)7-14(6-12)10-19/h1-4,12-14H,5-11H2,(H,21,23)(H3,20,22,24). The van der Waals surface area contributed by atoms with Crippen molar-refractivity contribution in [3.05, 3.63) is 29.8 Å². The smallest absolute Gasteiger partial charge is 0.316 e. The van der Waals surface area contributed by atoms with Crippen LogP contribution in [0.5, 0.6) is 0 Å². The van der Waals surface area contributed by atoms with Gasteiger partial charge < -0.3 is 16.4 Å². The van der Waals surface area contributed by atoms with Crippen molar-refractivity contribution < 1.29 is 9.59 Å². The van der Waals surface area contributed by atoms with Gasteiger partial charge in [-0.25, -0.2) is 4.79 Å². The van der Waals surface area contributed by atoms with Gasteiger partial charge in [0, 0.05) is 17.8 Å². The summed E-state index contributed by atoms with van der Waals surface area (Å²) in [7, 11) is 0. The summed E-state index contributed by atoms with van der Waals surface area (Å²) < 4.78 is 0. The van der Waals surface area contributed by atoms with Crippen molar-refractivity contribution >= 4 is 17.6 Å². The van der Waals surface area contributed by atoms with Crippen molar-refractivity contribution in [1.82, 2.24) is 5.32 Å². The third-order valence-corrected chi connectivity index (χ3v) is 6.20. The average Bonchev–Trinajstić information content (AvgIpc) is 2.51. The first-order valence-electron chi connectivity index (χ1n) is 8.96. The van der Waals surface area contributed by atoms with E-state index in [0.29, 0.717) is 16.7 Å². The van der Waals surface area contributed by atoms with Crippen LogP contribution in [0.15, 0.2) is 24.3 Å². The maximum atomic E-state index is 12.4. The molecule has 4 aliphatic rings. The molecule has 4 aliphatic carbocycles. The number of carbonyl (C=O) groups excluding carboxylic acids is 2. The summed E-state index contributed by atoms with van der Waals surface area (Å²) in [4.78, 5) is 23.3. The SMILES string of the molecule is NC(=O)Nc1ccc(C(=O)NCC23CC4CC(CC(C4)C2)C3)cc1. The van der Waals surface area contributed by atoms with Crippen LogP contribution in [-0.4, -0.2) is 18.5 Å². The van der Waals surface area contributed by atoms with Gasteiger partial charge in [-0.05, 0) is 86.0 Å². The summed E-state index contributed by atoms with van der Waals surface area (Å²) in [6.45, 7) is 0.802. The van der Waals surface area contributed by atoms with Crippen LogP contribution in [-0.2, 0) is 0 Å². The van der Waals surface area contributed by atoms with E-state index >= 15 is 0 Å². The Morgan fingerprint density at radius 2 is 1.54 bits per heavy atom. The summed E-state index contributed by atoms with van der Waals surface area (Å²) in [6, 6.07) is 6.24. The molecule has 128 valence electrons. The second-order valence-corrected chi connectivity index (χ2v) is 8.17. The van der Waals surface area contributed by atoms with Crippen LogP contribution in [0.25, 0.3) is 0 Å². The van der Waals surface area contributed by atoms with Crippen molar-refractivity contribution in [2.45, 2.75) is 38.5 Å². The van der Waals surface area contributed by atoms with Crippen molar-refractivity contribution in [2.24, 2.45) is 28.9 Å². The molecule has 5 heteroatoms. The maximum Gasteiger partial charge on any atom is 0.316 e. The molecule has 0 unspecified atom stereocenters. The highest BCUT2D eigenvalue weighted by molar-refractivity contribution is 5.95. The van der Waals surface area contributed by atoms with Crippen LogP contribution in [0.4, 0.5) is 10.5 Å². The van der Waals surface area contributed by atoms with Gasteiger partial charge >= 0.3 is 6.03 Å². The molecule has 0 aromatic heterocycles. The number of carbonyl (C=O) groups is 2. The van der Waals surface area contributed by atoms with E-state index in [4.69, 9.17) is 5.73 Å². The fourth-order valence-electron chi connectivity index (χ4n) is 5.72. The van der Waals surface area contributed by atoms with Gasteiger partial charge in [0.15, 0.2) is 0 Å².